The minimum Gasteiger partial charge on any atom is -0.746 e. The first kappa shape index (κ1) is 8.45. The van der Waals surface area contributed by atoms with E-state index in [2.05, 4.69) is 11.9 Å². The highest BCUT2D eigenvalue weighted by molar-refractivity contribution is 7.86. The minimum absolute atomic E-state index is 1.09. The van der Waals surface area contributed by atoms with E-state index in [0.29, 0.717) is 0 Å². The fourth-order valence-corrected chi connectivity index (χ4v) is 0.512. The Hall–Kier alpha value is -0.550. The summed E-state index contributed by atoms with van der Waals surface area (Å²) in [5, 5.41) is 1.16. The summed E-state index contributed by atoms with van der Waals surface area (Å²) in [4.78, 5) is 0. The fraction of sp³-hybridized carbons (Fsp3) is 0.500. The Morgan fingerprint density at radius 3 is 2.33 bits per heavy atom. The van der Waals surface area contributed by atoms with Crippen molar-refractivity contribution < 1.29 is 13.0 Å². The summed E-state index contributed by atoms with van der Waals surface area (Å²) in [6.45, 7) is 4.45. The van der Waals surface area contributed by atoms with Crippen molar-refractivity contribution in [1.82, 2.24) is 5.32 Å². The van der Waals surface area contributed by atoms with Crippen molar-refractivity contribution in [2.24, 2.45) is 0 Å². The van der Waals surface area contributed by atoms with Crippen LogP contribution in [0.1, 0.15) is 6.92 Å². The van der Waals surface area contributed by atoms with E-state index < -0.39 is 15.5 Å². The van der Waals surface area contributed by atoms with Gasteiger partial charge in [0.15, 0.2) is 0 Å². The predicted molar refractivity (Wildman–Crippen MR) is 32.5 cm³/mol. The van der Waals surface area contributed by atoms with E-state index in [-0.39, 0.29) is 0 Å². The molecule has 0 radical (unpaired) electrons. The zero-order valence-electron chi connectivity index (χ0n) is 4.99. The van der Waals surface area contributed by atoms with Crippen LogP contribution in [0.4, 0.5) is 0 Å². The first-order chi connectivity index (χ1) is 3.98. The molecule has 0 aromatic heterocycles. The van der Waals surface area contributed by atoms with E-state index >= 15 is 0 Å². The second kappa shape index (κ2) is 2.84. The van der Waals surface area contributed by atoms with Crippen LogP contribution >= 0.6 is 0 Å². The van der Waals surface area contributed by atoms with Crippen LogP contribution in [0, 0.1) is 0 Å². The van der Waals surface area contributed by atoms with Crippen molar-refractivity contribution >= 4 is 10.1 Å². The summed E-state index contributed by atoms with van der Waals surface area (Å²) in [5.41, 5.74) is 0. The molecule has 5 heteroatoms. The van der Waals surface area contributed by atoms with Gasteiger partial charge in [0.25, 0.3) is 0 Å². The van der Waals surface area contributed by atoms with Crippen molar-refractivity contribution in [3.05, 3.63) is 12.8 Å². The molecule has 0 spiro atoms. The van der Waals surface area contributed by atoms with Crippen LogP contribution in [0.3, 0.4) is 0 Å². The molecule has 0 heterocycles. The van der Waals surface area contributed by atoms with Gasteiger partial charge in [-0.1, -0.05) is 6.58 Å². The van der Waals surface area contributed by atoms with Crippen LogP contribution in [0.5, 0.6) is 0 Å². The maximum Gasteiger partial charge on any atom is 0.116 e. The second-order valence-electron chi connectivity index (χ2n) is 1.51. The lowest BCUT2D eigenvalue weighted by molar-refractivity contribution is 0.446. The third kappa shape index (κ3) is 3.10. The van der Waals surface area contributed by atoms with Crippen molar-refractivity contribution in [2.45, 2.75) is 12.3 Å². The average molecular weight is 150 g/mol. The monoisotopic (exact) mass is 150 g/mol. The predicted octanol–water partition coefficient (Wildman–Crippen LogP) is -0.389. The van der Waals surface area contributed by atoms with E-state index in [1.54, 1.807) is 0 Å². The Kier molecular flexibility index (Phi) is 2.66. The van der Waals surface area contributed by atoms with Crippen molar-refractivity contribution in [1.29, 1.82) is 0 Å². The number of rotatable bonds is 3. The lowest BCUT2D eigenvalue weighted by atomic mass is 10.7. The van der Waals surface area contributed by atoms with Crippen LogP contribution in [0.15, 0.2) is 12.8 Å². The molecule has 9 heavy (non-hydrogen) atoms. The fourth-order valence-electron chi connectivity index (χ4n) is 0.249. The SMILES string of the molecule is C=CNC(C)S(=O)(=O)[O-]. The summed E-state index contributed by atoms with van der Waals surface area (Å²) in [7, 11) is -4.20. The van der Waals surface area contributed by atoms with Gasteiger partial charge in [-0.15, -0.1) is 0 Å². The smallest absolute Gasteiger partial charge is 0.116 e. The van der Waals surface area contributed by atoms with E-state index in [9.17, 15) is 13.0 Å². The molecule has 1 unspecified atom stereocenters. The highest BCUT2D eigenvalue weighted by atomic mass is 32.2. The number of nitrogens with one attached hydrogen (secondary N) is 1. The highest BCUT2D eigenvalue weighted by Crippen LogP contribution is 1.90. The molecular weight excluding hydrogens is 142 g/mol. The van der Waals surface area contributed by atoms with Crippen LogP contribution < -0.4 is 5.32 Å². The molecular formula is C4H8NO3S-. The molecule has 0 aromatic rings. The summed E-state index contributed by atoms with van der Waals surface area (Å²) < 4.78 is 30.2. The first-order valence-corrected chi connectivity index (χ1v) is 3.77. The van der Waals surface area contributed by atoms with Crippen molar-refractivity contribution in [2.75, 3.05) is 0 Å². The van der Waals surface area contributed by atoms with Gasteiger partial charge in [0.2, 0.25) is 0 Å². The Morgan fingerprint density at radius 2 is 2.22 bits per heavy atom. The number of hydrogen-bond donors (Lipinski definition) is 1. The lowest BCUT2D eigenvalue weighted by Crippen LogP contribution is -2.29. The van der Waals surface area contributed by atoms with Gasteiger partial charge < -0.3 is 9.87 Å². The summed E-state index contributed by atoms with van der Waals surface area (Å²) >= 11 is 0. The molecule has 0 bridgehead atoms. The maximum atomic E-state index is 10.1. The molecule has 0 aromatic carbocycles. The third-order valence-electron chi connectivity index (χ3n) is 0.786. The zero-order valence-corrected chi connectivity index (χ0v) is 5.81. The van der Waals surface area contributed by atoms with Crippen LogP contribution in [0.25, 0.3) is 0 Å². The highest BCUT2D eigenvalue weighted by Gasteiger charge is 2.04. The number of hydrogen-bond acceptors (Lipinski definition) is 4. The van der Waals surface area contributed by atoms with Gasteiger partial charge in [-0.05, 0) is 13.1 Å². The van der Waals surface area contributed by atoms with Gasteiger partial charge in [-0.3, -0.25) is 0 Å². The van der Waals surface area contributed by atoms with Gasteiger partial charge in [0.1, 0.15) is 15.5 Å². The van der Waals surface area contributed by atoms with E-state index in [1.807, 2.05) is 0 Å². The molecule has 4 nitrogen and oxygen atoms in total. The minimum atomic E-state index is -4.20. The van der Waals surface area contributed by atoms with Crippen molar-refractivity contribution in [3.63, 3.8) is 0 Å². The van der Waals surface area contributed by atoms with Crippen LogP contribution in [-0.4, -0.2) is 18.3 Å². The molecule has 0 rings (SSSR count). The Bertz CT molecular complexity index is 184. The quantitative estimate of drug-likeness (QED) is 0.556. The molecule has 0 aliphatic heterocycles. The van der Waals surface area contributed by atoms with Crippen LogP contribution in [-0.2, 0) is 10.1 Å². The van der Waals surface area contributed by atoms with Crippen molar-refractivity contribution in [3.8, 4) is 0 Å². The van der Waals surface area contributed by atoms with Crippen LogP contribution in [0.2, 0.25) is 0 Å². The van der Waals surface area contributed by atoms with E-state index in [0.717, 1.165) is 0 Å². The summed E-state index contributed by atoms with van der Waals surface area (Å²) in [5.74, 6) is 0. The second-order valence-corrected chi connectivity index (χ2v) is 3.20. The Balaban J connectivity index is 4.05. The average Bonchev–Trinajstić information content (AvgIpc) is 1.64. The van der Waals surface area contributed by atoms with Gasteiger partial charge in [0.05, 0.1) is 0 Å². The van der Waals surface area contributed by atoms with E-state index in [1.165, 1.54) is 13.1 Å². The third-order valence-corrected chi connectivity index (χ3v) is 1.79. The molecule has 0 fully saturated rings. The zero-order chi connectivity index (χ0) is 7.49. The maximum absolute atomic E-state index is 10.1. The van der Waals surface area contributed by atoms with Gasteiger partial charge in [-0.2, -0.15) is 0 Å². The van der Waals surface area contributed by atoms with Gasteiger partial charge >= 0.3 is 0 Å². The molecule has 0 aliphatic rings. The lowest BCUT2D eigenvalue weighted by Gasteiger charge is -2.14. The van der Waals surface area contributed by atoms with Gasteiger partial charge in [0, 0.05) is 0 Å². The Morgan fingerprint density at radius 1 is 1.78 bits per heavy atom. The topological polar surface area (TPSA) is 69.2 Å². The Labute approximate surface area is 54.3 Å². The summed E-state index contributed by atoms with van der Waals surface area (Å²) in [6.07, 6.45) is 1.17. The van der Waals surface area contributed by atoms with Gasteiger partial charge in [-0.25, -0.2) is 8.42 Å². The molecule has 0 aliphatic carbocycles. The molecule has 54 valence electrons. The largest absolute Gasteiger partial charge is 0.746 e. The normalized spacial score (nSPS) is 14.4. The molecule has 0 amide bonds. The van der Waals surface area contributed by atoms with E-state index in [4.69, 9.17) is 0 Å². The summed E-state index contributed by atoms with van der Waals surface area (Å²) in [6, 6.07) is 0. The standard InChI is InChI=1S/C4H9NO3S/c1-3-5-4(2)9(6,7)8/h3-5H,1H2,2H3,(H,6,7,8)/p-1. The first-order valence-electron chi connectivity index (χ1n) is 2.30. The molecule has 1 atom stereocenters. The molecule has 0 saturated carbocycles. The molecule has 1 N–H and O–H groups in total. The molecule has 0 saturated heterocycles.